The van der Waals surface area contributed by atoms with Gasteiger partial charge in [0.15, 0.2) is 5.78 Å². The molecule has 1 aromatic rings. The Morgan fingerprint density at radius 2 is 2.00 bits per heavy atom. The van der Waals surface area contributed by atoms with E-state index in [1.54, 1.807) is 11.3 Å². The standard InChI is InChI=1S/C17H26N2OS/c1-4-13(20)16-15(18)14(12-5-6-12)17(21-16)19-8-7-10(2)11(3)9-19/h10-12H,4-9,18H2,1-3H3. The zero-order valence-electron chi connectivity index (χ0n) is 13.3. The number of rotatable bonds is 4. The van der Waals surface area contributed by atoms with E-state index in [0.717, 1.165) is 29.6 Å². The Kier molecular flexibility index (Phi) is 4.00. The highest BCUT2D eigenvalue weighted by Gasteiger charge is 2.35. The molecule has 1 aliphatic carbocycles. The maximum absolute atomic E-state index is 12.2. The average molecular weight is 306 g/mol. The van der Waals surface area contributed by atoms with Crippen LogP contribution in [0.15, 0.2) is 0 Å². The van der Waals surface area contributed by atoms with Crippen molar-refractivity contribution in [3.8, 4) is 0 Å². The Morgan fingerprint density at radius 1 is 1.29 bits per heavy atom. The lowest BCUT2D eigenvalue weighted by atomic mass is 9.88. The van der Waals surface area contributed by atoms with Crippen LogP contribution in [0.25, 0.3) is 0 Å². The molecule has 116 valence electrons. The molecule has 2 aliphatic rings. The van der Waals surface area contributed by atoms with E-state index in [9.17, 15) is 4.79 Å². The Labute approximate surface area is 131 Å². The van der Waals surface area contributed by atoms with Crippen LogP contribution in [0.5, 0.6) is 0 Å². The number of nitrogen functional groups attached to an aromatic ring is 1. The molecule has 0 radical (unpaired) electrons. The van der Waals surface area contributed by atoms with Crippen LogP contribution in [0.3, 0.4) is 0 Å². The molecule has 1 aliphatic heterocycles. The molecule has 1 aromatic heterocycles. The second-order valence-corrected chi connectivity index (χ2v) is 7.80. The number of ketones is 1. The molecule has 2 heterocycles. The first-order valence-electron chi connectivity index (χ1n) is 8.23. The van der Waals surface area contributed by atoms with Gasteiger partial charge in [0.25, 0.3) is 0 Å². The molecule has 21 heavy (non-hydrogen) atoms. The minimum Gasteiger partial charge on any atom is -0.397 e. The monoisotopic (exact) mass is 306 g/mol. The number of Topliss-reactive ketones (excluding diaryl/α,β-unsaturated/α-hetero) is 1. The van der Waals surface area contributed by atoms with Gasteiger partial charge < -0.3 is 10.6 Å². The topological polar surface area (TPSA) is 46.3 Å². The Morgan fingerprint density at radius 3 is 2.57 bits per heavy atom. The molecule has 1 saturated carbocycles. The van der Waals surface area contributed by atoms with Gasteiger partial charge in [-0.2, -0.15) is 0 Å². The first-order chi connectivity index (χ1) is 10.0. The Hall–Kier alpha value is -1.03. The summed E-state index contributed by atoms with van der Waals surface area (Å²) in [5.74, 6) is 2.30. The maximum Gasteiger partial charge on any atom is 0.174 e. The lowest BCUT2D eigenvalue weighted by Gasteiger charge is -2.36. The summed E-state index contributed by atoms with van der Waals surface area (Å²) >= 11 is 1.65. The van der Waals surface area contributed by atoms with Crippen LogP contribution < -0.4 is 10.6 Å². The highest BCUT2D eigenvalue weighted by molar-refractivity contribution is 7.19. The van der Waals surface area contributed by atoms with Gasteiger partial charge in [-0.25, -0.2) is 0 Å². The van der Waals surface area contributed by atoms with E-state index in [4.69, 9.17) is 5.73 Å². The molecule has 0 bridgehead atoms. The van der Waals surface area contributed by atoms with Gasteiger partial charge in [0.2, 0.25) is 0 Å². The minimum atomic E-state index is 0.198. The number of anilines is 2. The smallest absolute Gasteiger partial charge is 0.174 e. The third-order valence-electron chi connectivity index (χ3n) is 5.15. The number of carbonyl (C=O) groups is 1. The molecule has 2 fully saturated rings. The molecule has 0 amide bonds. The molecule has 3 rings (SSSR count). The highest BCUT2D eigenvalue weighted by Crippen LogP contribution is 2.52. The van der Waals surface area contributed by atoms with Crippen molar-refractivity contribution in [1.29, 1.82) is 0 Å². The molecular formula is C17H26N2OS. The van der Waals surface area contributed by atoms with Crippen molar-refractivity contribution in [3.05, 3.63) is 10.4 Å². The van der Waals surface area contributed by atoms with E-state index in [2.05, 4.69) is 18.7 Å². The van der Waals surface area contributed by atoms with E-state index in [-0.39, 0.29) is 5.78 Å². The number of carbonyl (C=O) groups excluding carboxylic acids is 1. The normalized spacial score (nSPS) is 26.1. The lowest BCUT2D eigenvalue weighted by Crippen LogP contribution is -2.38. The molecule has 0 aromatic carbocycles. The third-order valence-corrected chi connectivity index (χ3v) is 6.47. The number of hydrogen-bond acceptors (Lipinski definition) is 4. The number of piperidine rings is 1. The summed E-state index contributed by atoms with van der Waals surface area (Å²) in [6.45, 7) is 8.80. The van der Waals surface area contributed by atoms with E-state index in [1.807, 2.05) is 6.92 Å². The van der Waals surface area contributed by atoms with E-state index in [1.165, 1.54) is 29.8 Å². The largest absolute Gasteiger partial charge is 0.397 e. The SMILES string of the molecule is CCC(=O)c1sc(N2CCC(C)C(C)C2)c(C2CC2)c1N. The summed E-state index contributed by atoms with van der Waals surface area (Å²) in [5, 5.41) is 1.30. The summed E-state index contributed by atoms with van der Waals surface area (Å²) < 4.78 is 0. The molecule has 2 N–H and O–H groups in total. The fourth-order valence-electron chi connectivity index (χ4n) is 3.26. The molecule has 2 unspecified atom stereocenters. The molecule has 4 heteroatoms. The second-order valence-electron chi connectivity index (χ2n) is 6.80. The maximum atomic E-state index is 12.2. The molecule has 2 atom stereocenters. The summed E-state index contributed by atoms with van der Waals surface area (Å²) in [5.41, 5.74) is 8.43. The fourth-order valence-corrected chi connectivity index (χ4v) is 4.61. The third kappa shape index (κ3) is 2.70. The van der Waals surface area contributed by atoms with Crippen LogP contribution in [0, 0.1) is 11.8 Å². The summed E-state index contributed by atoms with van der Waals surface area (Å²) in [4.78, 5) is 15.5. The van der Waals surface area contributed by atoms with Gasteiger partial charge >= 0.3 is 0 Å². The number of nitrogens with two attached hydrogens (primary N) is 1. The van der Waals surface area contributed by atoms with Crippen molar-refractivity contribution >= 4 is 27.8 Å². The Balaban J connectivity index is 1.95. The quantitative estimate of drug-likeness (QED) is 0.844. The molecule has 1 saturated heterocycles. The van der Waals surface area contributed by atoms with Crippen LogP contribution >= 0.6 is 11.3 Å². The van der Waals surface area contributed by atoms with Gasteiger partial charge in [0, 0.05) is 25.1 Å². The lowest BCUT2D eigenvalue weighted by molar-refractivity contribution is 0.0993. The summed E-state index contributed by atoms with van der Waals surface area (Å²) in [6, 6.07) is 0. The van der Waals surface area contributed by atoms with Crippen LogP contribution in [-0.2, 0) is 0 Å². The van der Waals surface area contributed by atoms with Gasteiger partial charge in [-0.15, -0.1) is 11.3 Å². The number of hydrogen-bond donors (Lipinski definition) is 1. The van der Waals surface area contributed by atoms with Crippen molar-refractivity contribution in [3.63, 3.8) is 0 Å². The van der Waals surface area contributed by atoms with Crippen LogP contribution in [0.2, 0.25) is 0 Å². The summed E-state index contributed by atoms with van der Waals surface area (Å²) in [7, 11) is 0. The Bertz CT molecular complexity index is 547. The van der Waals surface area contributed by atoms with Crippen molar-refractivity contribution in [2.45, 2.75) is 52.4 Å². The van der Waals surface area contributed by atoms with Gasteiger partial charge in [-0.3, -0.25) is 4.79 Å². The van der Waals surface area contributed by atoms with Crippen LogP contribution in [0.4, 0.5) is 10.7 Å². The minimum absolute atomic E-state index is 0.198. The van der Waals surface area contributed by atoms with E-state index < -0.39 is 0 Å². The van der Waals surface area contributed by atoms with Crippen LogP contribution in [-0.4, -0.2) is 18.9 Å². The van der Waals surface area contributed by atoms with Gasteiger partial charge in [-0.05, 0) is 37.0 Å². The zero-order chi connectivity index (χ0) is 15.1. The average Bonchev–Trinajstić information content (AvgIpc) is 3.24. The first kappa shape index (κ1) is 14.9. The second kappa shape index (κ2) is 5.64. The van der Waals surface area contributed by atoms with Gasteiger partial charge in [-0.1, -0.05) is 20.8 Å². The van der Waals surface area contributed by atoms with E-state index >= 15 is 0 Å². The predicted octanol–water partition coefficient (Wildman–Crippen LogP) is 4.28. The van der Waals surface area contributed by atoms with Crippen molar-refractivity contribution in [2.75, 3.05) is 23.7 Å². The predicted molar refractivity (Wildman–Crippen MR) is 90.5 cm³/mol. The van der Waals surface area contributed by atoms with E-state index in [0.29, 0.717) is 18.3 Å². The number of thiophene rings is 1. The van der Waals surface area contributed by atoms with Gasteiger partial charge in [0.05, 0.1) is 15.6 Å². The van der Waals surface area contributed by atoms with Crippen molar-refractivity contribution in [2.24, 2.45) is 11.8 Å². The van der Waals surface area contributed by atoms with Gasteiger partial charge in [0.1, 0.15) is 0 Å². The van der Waals surface area contributed by atoms with Crippen molar-refractivity contribution < 1.29 is 4.79 Å². The summed E-state index contributed by atoms with van der Waals surface area (Å²) in [6.07, 6.45) is 4.24. The van der Waals surface area contributed by atoms with Crippen LogP contribution in [0.1, 0.15) is 67.6 Å². The molecular weight excluding hydrogens is 280 g/mol. The highest BCUT2D eigenvalue weighted by atomic mass is 32.1. The molecule has 3 nitrogen and oxygen atoms in total. The number of nitrogens with zero attached hydrogens (tertiary/aromatic N) is 1. The zero-order valence-corrected chi connectivity index (χ0v) is 14.1. The van der Waals surface area contributed by atoms with Crippen molar-refractivity contribution in [1.82, 2.24) is 0 Å². The first-order valence-corrected chi connectivity index (χ1v) is 9.04. The molecule has 0 spiro atoms. The fraction of sp³-hybridized carbons (Fsp3) is 0.706.